The van der Waals surface area contributed by atoms with E-state index in [2.05, 4.69) is 0 Å². The van der Waals surface area contributed by atoms with Crippen molar-refractivity contribution in [3.63, 3.8) is 0 Å². The minimum atomic E-state index is -2.30. The Balaban J connectivity index is 4.15. The first-order valence-corrected chi connectivity index (χ1v) is 8.55. The second-order valence-electron chi connectivity index (χ2n) is 2.82. The van der Waals surface area contributed by atoms with Crippen LogP contribution in [0.25, 0.3) is 0 Å². The van der Waals surface area contributed by atoms with Gasteiger partial charge in [-0.1, -0.05) is 0 Å². The van der Waals surface area contributed by atoms with Crippen molar-refractivity contribution in [2.75, 3.05) is 0 Å². The lowest BCUT2D eigenvalue weighted by atomic mass is 10.5. The third-order valence-electron chi connectivity index (χ3n) is 0.764. The van der Waals surface area contributed by atoms with E-state index < -0.39 is 5.69 Å². The molecule has 0 amide bonds. The van der Waals surface area contributed by atoms with Gasteiger partial charge in [0.25, 0.3) is 5.69 Å². The minimum Gasteiger partial charge on any atom is -0.318 e. The van der Waals surface area contributed by atoms with Crippen LogP contribution in [0.5, 0.6) is 0 Å². The van der Waals surface area contributed by atoms with Gasteiger partial charge in [-0.3, -0.25) is 0 Å². The summed E-state index contributed by atoms with van der Waals surface area (Å²) in [5, 5.41) is 0. The zero-order chi connectivity index (χ0) is 9.78. The molecule has 0 rings (SSSR count). The van der Waals surface area contributed by atoms with Crippen LogP contribution in [0, 0.1) is 0 Å². The minimum absolute atomic E-state index is 0.0563. The Labute approximate surface area is 87.8 Å². The molecule has 0 aliphatic carbocycles. The maximum Gasteiger partial charge on any atom is 0.263 e. The molecule has 0 aromatic heterocycles. The fraction of sp³-hybridized carbons (Fsp3) is 1.00. The Hall–Kier alpha value is 1.21. The smallest absolute Gasteiger partial charge is 0.263 e. The molecule has 0 aromatic carbocycles. The van der Waals surface area contributed by atoms with Gasteiger partial charge in [0.05, 0.1) is 12.2 Å². The summed E-state index contributed by atoms with van der Waals surface area (Å²) in [6.45, 7) is 7.66. The second kappa shape index (κ2) is 5.84. The van der Waals surface area contributed by atoms with Crippen molar-refractivity contribution in [2.24, 2.45) is 0 Å². The van der Waals surface area contributed by atoms with Gasteiger partial charge in [0.15, 0.2) is 0 Å². The molecule has 0 saturated carbocycles. The normalized spacial score (nSPS) is 12.9. The highest BCUT2D eigenvalue weighted by molar-refractivity contribution is 8.76. The van der Waals surface area contributed by atoms with Crippen molar-refractivity contribution in [2.45, 2.75) is 39.9 Å². The molecule has 0 spiro atoms. The van der Waals surface area contributed by atoms with E-state index in [1.54, 1.807) is 0 Å². The summed E-state index contributed by atoms with van der Waals surface area (Å²) < 4.78 is 10.9. The van der Waals surface area contributed by atoms with Crippen LogP contribution in [0.1, 0.15) is 27.7 Å². The topological polar surface area (TPSA) is 18.5 Å². The van der Waals surface area contributed by atoms with Crippen molar-refractivity contribution in [3.05, 3.63) is 0 Å². The van der Waals surface area contributed by atoms with E-state index in [4.69, 9.17) is 31.5 Å². The SMILES string of the molecule is CC(C)OP(=S)(OC(C)C)SCl. The molecule has 0 unspecified atom stereocenters. The zero-order valence-corrected chi connectivity index (χ0v) is 10.9. The summed E-state index contributed by atoms with van der Waals surface area (Å²) in [6.07, 6.45) is 0.113. The van der Waals surface area contributed by atoms with Gasteiger partial charge in [-0.25, -0.2) is 0 Å². The average Bonchev–Trinajstić information content (AvgIpc) is 1.83. The predicted octanol–water partition coefficient (Wildman–Crippen LogP) is 3.95. The van der Waals surface area contributed by atoms with Crippen molar-refractivity contribution < 1.29 is 9.05 Å². The zero-order valence-electron chi connectivity index (χ0n) is 7.61. The van der Waals surface area contributed by atoms with Gasteiger partial charge < -0.3 is 9.05 Å². The summed E-state index contributed by atoms with van der Waals surface area (Å²) in [4.78, 5) is 0. The van der Waals surface area contributed by atoms with Crippen molar-refractivity contribution in [1.29, 1.82) is 0 Å². The van der Waals surface area contributed by atoms with Crippen LogP contribution in [0.2, 0.25) is 0 Å². The highest BCUT2D eigenvalue weighted by Crippen LogP contribution is 2.64. The van der Waals surface area contributed by atoms with Crippen LogP contribution in [-0.2, 0) is 20.9 Å². The monoisotopic (exact) mass is 248 g/mol. The van der Waals surface area contributed by atoms with Gasteiger partial charge in [0.1, 0.15) is 0 Å². The first-order chi connectivity index (χ1) is 5.39. The molecule has 0 aromatic rings. The van der Waals surface area contributed by atoms with Crippen LogP contribution in [-0.4, -0.2) is 12.2 Å². The lowest BCUT2D eigenvalue weighted by molar-refractivity contribution is 0.186. The van der Waals surface area contributed by atoms with Crippen LogP contribution in [0.15, 0.2) is 0 Å². The summed E-state index contributed by atoms with van der Waals surface area (Å²) in [5.41, 5.74) is -2.30. The van der Waals surface area contributed by atoms with Gasteiger partial charge >= 0.3 is 0 Å². The molecule has 0 bridgehead atoms. The van der Waals surface area contributed by atoms with Gasteiger partial charge in [-0.15, -0.1) is 0 Å². The molecule has 0 radical (unpaired) electrons. The van der Waals surface area contributed by atoms with E-state index in [1.165, 1.54) is 0 Å². The number of hydrogen-bond acceptors (Lipinski definition) is 4. The number of halogens is 1. The largest absolute Gasteiger partial charge is 0.318 e. The summed E-state index contributed by atoms with van der Waals surface area (Å²) in [6, 6.07) is 0. The Morgan fingerprint density at radius 1 is 1.17 bits per heavy atom. The van der Waals surface area contributed by atoms with Crippen LogP contribution in [0.4, 0.5) is 0 Å². The number of rotatable bonds is 5. The Morgan fingerprint density at radius 2 is 1.50 bits per heavy atom. The third-order valence-corrected chi connectivity index (χ3v) is 6.88. The maximum atomic E-state index is 5.61. The van der Waals surface area contributed by atoms with E-state index in [0.717, 1.165) is 10.6 Å². The first kappa shape index (κ1) is 13.2. The molecular formula is C6H14ClO2PS2. The first-order valence-electron chi connectivity index (χ1n) is 3.67. The second-order valence-corrected chi connectivity index (χ2v) is 9.51. The van der Waals surface area contributed by atoms with Crippen molar-refractivity contribution in [1.82, 2.24) is 0 Å². The van der Waals surface area contributed by atoms with Gasteiger partial charge in [-0.05, 0) is 50.2 Å². The molecule has 74 valence electrons. The van der Waals surface area contributed by atoms with E-state index in [9.17, 15) is 0 Å². The molecule has 0 aliphatic heterocycles. The van der Waals surface area contributed by atoms with E-state index in [-0.39, 0.29) is 12.2 Å². The van der Waals surface area contributed by atoms with E-state index in [1.807, 2.05) is 27.7 Å². The summed E-state index contributed by atoms with van der Waals surface area (Å²) >= 11 is 5.15. The fourth-order valence-corrected chi connectivity index (χ4v) is 4.57. The van der Waals surface area contributed by atoms with E-state index in [0.29, 0.717) is 0 Å². The highest BCUT2D eigenvalue weighted by atomic mass is 35.7. The quantitative estimate of drug-likeness (QED) is 0.686. The van der Waals surface area contributed by atoms with E-state index >= 15 is 0 Å². The fourth-order valence-electron chi connectivity index (χ4n) is 0.574. The molecule has 0 heterocycles. The van der Waals surface area contributed by atoms with Crippen LogP contribution in [0.3, 0.4) is 0 Å². The molecule has 12 heavy (non-hydrogen) atoms. The standard InChI is InChI=1S/C6H14ClO2PS2/c1-5(2)8-10(11,12-7)9-6(3)4/h5-6H,1-4H3. The average molecular weight is 249 g/mol. The number of hydrogen-bond donors (Lipinski definition) is 0. The molecule has 0 aliphatic rings. The summed E-state index contributed by atoms with van der Waals surface area (Å²) in [5.74, 6) is 0. The van der Waals surface area contributed by atoms with Gasteiger partial charge in [0, 0.05) is 10.6 Å². The summed E-state index contributed by atoms with van der Waals surface area (Å²) in [7, 11) is 6.59. The highest BCUT2D eigenvalue weighted by Gasteiger charge is 2.22. The van der Waals surface area contributed by atoms with Gasteiger partial charge in [0.2, 0.25) is 0 Å². The molecule has 2 nitrogen and oxygen atoms in total. The Morgan fingerprint density at radius 3 is 1.67 bits per heavy atom. The molecule has 6 heteroatoms. The molecule has 0 N–H and O–H groups in total. The lowest BCUT2D eigenvalue weighted by Gasteiger charge is -2.22. The predicted molar refractivity (Wildman–Crippen MR) is 60.2 cm³/mol. The van der Waals surface area contributed by atoms with Crippen LogP contribution >= 0.6 is 27.0 Å². The maximum absolute atomic E-state index is 5.61. The Kier molecular flexibility index (Phi) is 6.43. The van der Waals surface area contributed by atoms with Crippen molar-refractivity contribution in [3.8, 4) is 0 Å². The third kappa shape index (κ3) is 5.79. The molecule has 0 saturated heterocycles. The van der Waals surface area contributed by atoms with Crippen LogP contribution < -0.4 is 0 Å². The Bertz CT molecular complexity index is 161. The molecular weight excluding hydrogens is 235 g/mol. The van der Waals surface area contributed by atoms with Crippen molar-refractivity contribution >= 4 is 38.8 Å². The molecule has 0 atom stereocenters. The van der Waals surface area contributed by atoms with Gasteiger partial charge in [-0.2, -0.15) is 0 Å². The molecule has 0 fully saturated rings. The lowest BCUT2D eigenvalue weighted by Crippen LogP contribution is -2.04.